The van der Waals surface area contributed by atoms with Gasteiger partial charge in [-0.05, 0) is 42.7 Å². The molecule has 0 aliphatic carbocycles. The van der Waals surface area contributed by atoms with E-state index in [0.717, 1.165) is 28.1 Å². The van der Waals surface area contributed by atoms with Crippen LogP contribution in [-0.2, 0) is 6.54 Å². The van der Waals surface area contributed by atoms with E-state index in [-0.39, 0.29) is 0 Å². The normalized spacial score (nSPS) is 10.3. The molecule has 2 aromatic rings. The van der Waals surface area contributed by atoms with E-state index in [0.29, 0.717) is 12.3 Å². The molecule has 100 valence electrons. The number of ether oxygens (including phenoxy) is 1. The molecule has 0 amide bonds. The highest BCUT2D eigenvalue weighted by atomic mass is 16.5. The van der Waals surface area contributed by atoms with Gasteiger partial charge in [0.25, 0.3) is 0 Å². The number of hydrogen-bond acceptors (Lipinski definition) is 3. The molecule has 0 radical (unpaired) electrons. The second-order valence-corrected chi connectivity index (χ2v) is 4.63. The molecular weight excluding hydrogens is 238 g/mol. The van der Waals surface area contributed by atoms with Crippen LogP contribution < -0.4 is 10.1 Å². The summed E-state index contributed by atoms with van der Waals surface area (Å²) in [6.45, 7) is 4.52. The van der Waals surface area contributed by atoms with E-state index in [1.807, 2.05) is 50.2 Å². The number of aryl methyl sites for hydroxylation is 2. The number of para-hydroxylation sites is 2. The van der Waals surface area contributed by atoms with E-state index >= 15 is 0 Å². The molecule has 0 aromatic heterocycles. The summed E-state index contributed by atoms with van der Waals surface area (Å²) in [6.07, 6.45) is 0. The quantitative estimate of drug-likeness (QED) is 0.878. The van der Waals surface area contributed by atoms with E-state index in [9.17, 15) is 5.11 Å². The zero-order valence-electron chi connectivity index (χ0n) is 11.5. The van der Waals surface area contributed by atoms with E-state index in [1.165, 1.54) is 0 Å². The summed E-state index contributed by atoms with van der Waals surface area (Å²) >= 11 is 0. The first-order valence-corrected chi connectivity index (χ1v) is 6.28. The van der Waals surface area contributed by atoms with Crippen molar-refractivity contribution in [3.05, 3.63) is 53.1 Å². The van der Waals surface area contributed by atoms with Gasteiger partial charge in [0.1, 0.15) is 11.5 Å². The summed E-state index contributed by atoms with van der Waals surface area (Å²) in [6, 6.07) is 11.8. The van der Waals surface area contributed by atoms with Crippen molar-refractivity contribution < 1.29 is 9.84 Å². The van der Waals surface area contributed by atoms with Gasteiger partial charge in [-0.2, -0.15) is 0 Å². The third kappa shape index (κ3) is 2.99. The molecule has 0 aliphatic rings. The van der Waals surface area contributed by atoms with Crippen molar-refractivity contribution in [1.82, 2.24) is 0 Å². The Morgan fingerprint density at radius 3 is 2.37 bits per heavy atom. The Bertz CT molecular complexity index is 556. The molecule has 2 N–H and O–H groups in total. The SMILES string of the molecule is COc1ccccc1NCc1cc(C)c(O)c(C)c1. The third-order valence-corrected chi connectivity index (χ3v) is 3.14. The fraction of sp³-hybridized carbons (Fsp3) is 0.250. The fourth-order valence-corrected chi connectivity index (χ4v) is 2.14. The van der Waals surface area contributed by atoms with Gasteiger partial charge >= 0.3 is 0 Å². The minimum Gasteiger partial charge on any atom is -0.507 e. The van der Waals surface area contributed by atoms with Crippen molar-refractivity contribution in [3.63, 3.8) is 0 Å². The van der Waals surface area contributed by atoms with Gasteiger partial charge in [-0.25, -0.2) is 0 Å². The van der Waals surface area contributed by atoms with Crippen LogP contribution in [-0.4, -0.2) is 12.2 Å². The van der Waals surface area contributed by atoms with Crippen molar-refractivity contribution in [2.75, 3.05) is 12.4 Å². The maximum atomic E-state index is 9.76. The Hall–Kier alpha value is -2.16. The average molecular weight is 257 g/mol. The predicted octanol–water partition coefficient (Wildman–Crippen LogP) is 3.63. The predicted molar refractivity (Wildman–Crippen MR) is 77.9 cm³/mol. The summed E-state index contributed by atoms with van der Waals surface area (Å²) in [5, 5.41) is 13.1. The summed E-state index contributed by atoms with van der Waals surface area (Å²) in [4.78, 5) is 0. The molecule has 0 heterocycles. The Morgan fingerprint density at radius 1 is 1.11 bits per heavy atom. The lowest BCUT2D eigenvalue weighted by molar-refractivity contribution is 0.416. The maximum Gasteiger partial charge on any atom is 0.141 e. The number of aromatic hydroxyl groups is 1. The molecule has 2 rings (SSSR count). The zero-order chi connectivity index (χ0) is 13.8. The number of nitrogens with one attached hydrogen (secondary N) is 1. The third-order valence-electron chi connectivity index (χ3n) is 3.14. The molecule has 0 aliphatic heterocycles. The molecule has 0 saturated carbocycles. The lowest BCUT2D eigenvalue weighted by Gasteiger charge is -2.12. The van der Waals surface area contributed by atoms with Crippen LogP contribution in [0, 0.1) is 13.8 Å². The van der Waals surface area contributed by atoms with Crippen LogP contribution in [0.15, 0.2) is 36.4 Å². The highest BCUT2D eigenvalue weighted by Crippen LogP contribution is 2.26. The van der Waals surface area contributed by atoms with Gasteiger partial charge in [-0.1, -0.05) is 24.3 Å². The van der Waals surface area contributed by atoms with Crippen LogP contribution in [0.2, 0.25) is 0 Å². The minimum atomic E-state index is 0.376. The van der Waals surface area contributed by atoms with Crippen molar-refractivity contribution in [3.8, 4) is 11.5 Å². The average Bonchev–Trinajstić information content (AvgIpc) is 2.42. The number of phenols is 1. The van der Waals surface area contributed by atoms with Crippen LogP contribution in [0.25, 0.3) is 0 Å². The molecule has 0 spiro atoms. The zero-order valence-corrected chi connectivity index (χ0v) is 11.5. The molecule has 3 nitrogen and oxygen atoms in total. The molecule has 19 heavy (non-hydrogen) atoms. The second kappa shape index (κ2) is 5.65. The summed E-state index contributed by atoms with van der Waals surface area (Å²) in [5.41, 5.74) is 3.90. The molecule has 0 fully saturated rings. The molecule has 0 unspecified atom stereocenters. The first-order chi connectivity index (χ1) is 9.11. The number of methoxy groups -OCH3 is 1. The van der Waals surface area contributed by atoms with Crippen molar-refractivity contribution in [2.45, 2.75) is 20.4 Å². The standard InChI is InChI=1S/C16H19NO2/c1-11-8-13(9-12(2)16(11)18)10-17-14-6-4-5-7-15(14)19-3/h4-9,17-18H,10H2,1-3H3. The van der Waals surface area contributed by atoms with Gasteiger partial charge in [-0.3, -0.25) is 0 Å². The number of phenolic OH excluding ortho intramolecular Hbond substituents is 1. The van der Waals surface area contributed by atoms with E-state index in [2.05, 4.69) is 5.32 Å². The van der Waals surface area contributed by atoms with E-state index in [4.69, 9.17) is 4.74 Å². The first-order valence-electron chi connectivity index (χ1n) is 6.28. The van der Waals surface area contributed by atoms with Crippen molar-refractivity contribution >= 4 is 5.69 Å². The van der Waals surface area contributed by atoms with E-state index in [1.54, 1.807) is 7.11 Å². The number of benzene rings is 2. The van der Waals surface area contributed by atoms with Crippen molar-refractivity contribution in [2.24, 2.45) is 0 Å². The van der Waals surface area contributed by atoms with Gasteiger partial charge in [0.15, 0.2) is 0 Å². The van der Waals surface area contributed by atoms with Gasteiger partial charge < -0.3 is 15.2 Å². The smallest absolute Gasteiger partial charge is 0.141 e. The molecule has 0 bridgehead atoms. The molecule has 0 saturated heterocycles. The fourth-order valence-electron chi connectivity index (χ4n) is 2.14. The summed E-state index contributed by atoms with van der Waals surface area (Å²) < 4.78 is 5.30. The van der Waals surface area contributed by atoms with Crippen LogP contribution >= 0.6 is 0 Å². The Kier molecular flexibility index (Phi) is 3.95. The summed E-state index contributed by atoms with van der Waals surface area (Å²) in [7, 11) is 1.66. The van der Waals surface area contributed by atoms with Crippen LogP contribution in [0.5, 0.6) is 11.5 Å². The van der Waals surface area contributed by atoms with Crippen LogP contribution in [0.1, 0.15) is 16.7 Å². The summed E-state index contributed by atoms with van der Waals surface area (Å²) in [5.74, 6) is 1.20. The lowest BCUT2D eigenvalue weighted by atomic mass is 10.1. The number of anilines is 1. The highest BCUT2D eigenvalue weighted by molar-refractivity contribution is 5.56. The minimum absolute atomic E-state index is 0.376. The van der Waals surface area contributed by atoms with Gasteiger partial charge in [0.2, 0.25) is 0 Å². The van der Waals surface area contributed by atoms with Gasteiger partial charge in [0.05, 0.1) is 12.8 Å². The monoisotopic (exact) mass is 257 g/mol. The van der Waals surface area contributed by atoms with E-state index < -0.39 is 0 Å². The Balaban J connectivity index is 2.15. The lowest BCUT2D eigenvalue weighted by Crippen LogP contribution is -2.02. The molecule has 0 atom stereocenters. The van der Waals surface area contributed by atoms with Crippen LogP contribution in [0.3, 0.4) is 0 Å². The molecular formula is C16H19NO2. The topological polar surface area (TPSA) is 41.5 Å². The number of hydrogen-bond donors (Lipinski definition) is 2. The first kappa shape index (κ1) is 13.3. The molecule has 3 heteroatoms. The number of rotatable bonds is 4. The Labute approximate surface area is 113 Å². The largest absolute Gasteiger partial charge is 0.507 e. The van der Waals surface area contributed by atoms with Gasteiger partial charge in [0, 0.05) is 6.54 Å². The maximum absolute atomic E-state index is 9.76. The highest BCUT2D eigenvalue weighted by Gasteiger charge is 2.05. The molecule has 2 aromatic carbocycles. The van der Waals surface area contributed by atoms with Crippen LogP contribution in [0.4, 0.5) is 5.69 Å². The Morgan fingerprint density at radius 2 is 1.74 bits per heavy atom. The second-order valence-electron chi connectivity index (χ2n) is 4.63. The van der Waals surface area contributed by atoms with Crippen molar-refractivity contribution in [1.29, 1.82) is 0 Å². The van der Waals surface area contributed by atoms with Gasteiger partial charge in [-0.15, -0.1) is 0 Å².